The number of fused-ring (bicyclic) bond motifs is 7. The van der Waals surface area contributed by atoms with Gasteiger partial charge in [0.15, 0.2) is 23.2 Å². The number of rotatable bonds is 22. The van der Waals surface area contributed by atoms with E-state index in [2.05, 4.69) is 54.7 Å². The zero-order chi connectivity index (χ0) is 102. The van der Waals surface area contributed by atoms with E-state index in [1.54, 1.807) is 184 Å². The van der Waals surface area contributed by atoms with Crippen LogP contribution in [0.15, 0.2) is 231 Å². The third kappa shape index (κ3) is 35.1. The van der Waals surface area contributed by atoms with Gasteiger partial charge in [-0.1, -0.05) is 140 Å². The van der Waals surface area contributed by atoms with E-state index in [9.17, 15) is 86.3 Å². The van der Waals surface area contributed by atoms with Crippen LogP contribution in [0.25, 0.3) is 32.7 Å². The van der Waals surface area contributed by atoms with Crippen LogP contribution in [0.5, 0.6) is 0 Å². The number of carboxylic acids is 4. The Bertz CT molecular complexity index is 6480. The quantitative estimate of drug-likeness (QED) is 0.00690. The molecule has 0 saturated carbocycles. The Morgan fingerprint density at radius 2 is 0.738 bits per heavy atom. The summed E-state index contributed by atoms with van der Waals surface area (Å²) in [4.78, 5) is 230. The molecule has 0 fully saturated rings. The number of nitrogen functional groups attached to an aromatic ring is 1. The number of carboxylic acid groups (broad SMARTS) is 4. The van der Waals surface area contributed by atoms with E-state index in [0.717, 1.165) is 15.5 Å². The number of nitriles is 1. The maximum absolute atomic E-state index is 12.5. The standard InChI is InChI=1S/C21H17N3O4.C17H14N2O3.C13H13N3O3.C11H11N3O2.C11H9NO4.C8H4O3.C6H7N.C4H5NO2.C4H6O3.C3H7NO2.K.H2O/c1-2-28-21(27)18-15-9-5-6-10-16(15)22-17(23-18)11-12-24-19(25)13-7-3-4-8-14(13)20(24)26;20-15(18-12-6-2-1-3-7-12)10-11-19-16(21)13-8-4-5-9-14(13)17(19)22;1-8(17)14-7-6-11-15-10-5-3-2-4-9(10)12(16-11)13(18)19;12-6-5-9-13-8-4-2-1-3-7(8)10(14-9)11(15)16;13-9(14)5-6-12-10(15)7-3-1-2-4-8(7)11(12)16;9-7-5-3-1-2-4-6(5)8(10)11-7;7-6-4-2-1-3-5-6;1-2-7-4(6)3-5;1-3(5)7-4(2)6;4-2-1-3(5)6;;/h3-10H,2,11-12H2,1H3;1-9H,10-11H2,(H,18,20);2-5H,6-7H2,1H3,(H,14,17)(H,18,19);1-4H,5-6,12H2,(H,15,16);1-4H,5-6H2,(H,13,14);1-4H;1-5H,7H2;2H2,1H3;1-2H3;1-2,4H2,(H,5,6);;1H2/q;;;;;;;;;;+1;/p-1. The number of amides is 8. The van der Waals surface area contributed by atoms with Crippen LogP contribution in [0, 0.1) is 11.3 Å². The summed E-state index contributed by atoms with van der Waals surface area (Å²) < 4.78 is 17.6. The van der Waals surface area contributed by atoms with Crippen LogP contribution < -0.4 is 79.2 Å². The van der Waals surface area contributed by atoms with E-state index in [0.29, 0.717) is 126 Å². The number of cyclic esters (lactones) is 2. The number of benzene rings is 9. The number of imide groups is 3. The number of nitrogens with zero attached hydrogens (tertiary/aromatic N) is 10. The van der Waals surface area contributed by atoms with Crippen molar-refractivity contribution in [2.45, 2.75) is 73.1 Å². The van der Waals surface area contributed by atoms with Gasteiger partial charge in [-0.25, -0.2) is 58.7 Å². The van der Waals surface area contributed by atoms with Crippen LogP contribution in [-0.2, 0) is 71.8 Å². The second-order valence-corrected chi connectivity index (χ2v) is 28.6. The Kier molecular flexibility index (Phi) is 47.7. The SMILES string of the molecule is CC(=O)NCCc1nc(C(=O)O)c2ccccc2n1.CC(=O)OC(C)=O.CCOC(=O)C#N.CCOC(=O)c1nc(CCN2C(=O)c3ccccc3C2=O)nc2ccccc12.NCCC(=O)O.NCCc1nc(C(=O)O)c2ccccc2n1.Nc1ccccc1.O=C(CCN1C(=O)c2ccccc2C1=O)Nc1ccccc1.O=C(O)CCN1C(=O)c2ccccc2C1=O.O=C1OC(=O)c2ccccc21.[K+].[OH-]. The van der Waals surface area contributed by atoms with Crippen molar-refractivity contribution < 1.29 is 183 Å². The van der Waals surface area contributed by atoms with Gasteiger partial charge in [-0.3, -0.25) is 72.2 Å². The average Bonchev–Trinajstić information content (AvgIpc) is 1.63. The number of carbonyl (C=O) groups excluding carboxylic acids is 14. The summed E-state index contributed by atoms with van der Waals surface area (Å²) in [6.45, 7) is 8.81. The molecule has 0 bridgehead atoms. The molecular formula is C98H94KN15O27. The number of esters is 6. The van der Waals surface area contributed by atoms with E-state index >= 15 is 0 Å². The molecule has 0 radical (unpaired) electrons. The van der Waals surface area contributed by atoms with Gasteiger partial charge in [-0.05, 0) is 111 Å². The summed E-state index contributed by atoms with van der Waals surface area (Å²) in [5.41, 5.74) is 22.2. The van der Waals surface area contributed by atoms with Crippen molar-refractivity contribution in [3.8, 4) is 6.07 Å². The van der Waals surface area contributed by atoms with E-state index < -0.39 is 71.5 Å². The van der Waals surface area contributed by atoms with Crippen LogP contribution in [0.2, 0.25) is 0 Å². The van der Waals surface area contributed by atoms with Gasteiger partial charge in [-0.15, -0.1) is 0 Å². The zero-order valence-corrected chi connectivity index (χ0v) is 79.9. The Morgan fingerprint density at radius 3 is 1.06 bits per heavy atom. The van der Waals surface area contributed by atoms with Crippen molar-refractivity contribution in [1.29, 1.82) is 5.26 Å². The van der Waals surface area contributed by atoms with E-state index in [4.69, 9.17) is 47.6 Å². The number of anilines is 2. The first-order valence-electron chi connectivity index (χ1n) is 42.2. The Hall–Kier alpha value is -16.7. The summed E-state index contributed by atoms with van der Waals surface area (Å²) in [5, 5.41) is 49.3. The van der Waals surface area contributed by atoms with Crippen molar-refractivity contribution in [1.82, 2.24) is 49.9 Å². The molecule has 13 N–H and O–H groups in total. The van der Waals surface area contributed by atoms with Gasteiger partial charge in [-0.2, -0.15) is 5.26 Å². The number of nitrogens with two attached hydrogens (primary N) is 3. The maximum Gasteiger partial charge on any atom is 1.00 e. The minimum Gasteiger partial charge on any atom is -0.870 e. The summed E-state index contributed by atoms with van der Waals surface area (Å²) in [7, 11) is 0. The number of hydrogen-bond donors (Lipinski definition) is 9. The van der Waals surface area contributed by atoms with E-state index in [1.165, 1.54) is 31.7 Å². The number of aromatic carboxylic acids is 2. The fraction of sp³-hybridized carbons (Fsp3) is 0.194. The molecule has 4 aliphatic heterocycles. The molecule has 0 aliphatic carbocycles. The van der Waals surface area contributed by atoms with Crippen molar-refractivity contribution in [2.24, 2.45) is 11.5 Å². The van der Waals surface area contributed by atoms with E-state index in [-0.39, 0.29) is 174 Å². The zero-order valence-electron chi connectivity index (χ0n) is 76.8. The molecule has 0 spiro atoms. The first-order chi connectivity index (χ1) is 66.6. The first kappa shape index (κ1) is 115. The second-order valence-electron chi connectivity index (χ2n) is 28.6. The van der Waals surface area contributed by atoms with Crippen LogP contribution in [-0.4, -0.2) is 230 Å². The summed E-state index contributed by atoms with van der Waals surface area (Å²) in [5.74, 6) is -8.85. The van der Waals surface area contributed by atoms with Gasteiger partial charge in [0.2, 0.25) is 11.8 Å². The number of hydrogen-bond acceptors (Lipinski definition) is 33. The molecule has 3 aromatic heterocycles. The van der Waals surface area contributed by atoms with Gasteiger partial charge < -0.3 is 72.7 Å². The Balaban J connectivity index is 0.000000286. The fourth-order valence-electron chi connectivity index (χ4n) is 12.5. The molecule has 0 unspecified atom stereocenters. The number of aliphatic carboxylic acids is 2. The molecule has 42 nitrogen and oxygen atoms in total. The predicted octanol–water partition coefficient (Wildman–Crippen LogP) is 6.23. The fourth-order valence-corrected chi connectivity index (χ4v) is 12.5. The van der Waals surface area contributed by atoms with Gasteiger partial charge in [0, 0.05) is 107 Å². The van der Waals surface area contributed by atoms with Gasteiger partial charge in [0.25, 0.3) is 35.4 Å². The van der Waals surface area contributed by atoms with Crippen LogP contribution in [0.4, 0.5) is 11.4 Å². The summed E-state index contributed by atoms with van der Waals surface area (Å²) >= 11 is 0. The minimum atomic E-state index is -1.08. The smallest absolute Gasteiger partial charge is 0.870 e. The molecule has 7 heterocycles. The third-order valence-corrected chi connectivity index (χ3v) is 18.6. The van der Waals surface area contributed by atoms with Gasteiger partial charge in [0.05, 0.1) is 87.1 Å². The minimum absolute atomic E-state index is 0. The van der Waals surface area contributed by atoms with Gasteiger partial charge in [0.1, 0.15) is 17.5 Å². The molecule has 16 rings (SSSR count). The predicted molar refractivity (Wildman–Crippen MR) is 500 cm³/mol. The first-order valence-corrected chi connectivity index (χ1v) is 42.2. The molecular weight excluding hydrogens is 1860 g/mol. The maximum atomic E-state index is 12.5. The monoisotopic (exact) mass is 1950 g/mol. The molecule has 724 valence electrons. The molecule has 0 saturated heterocycles. The number of aromatic nitrogens is 6. The normalized spacial score (nSPS) is 11.5. The van der Waals surface area contributed by atoms with Crippen molar-refractivity contribution >= 4 is 151 Å². The van der Waals surface area contributed by atoms with E-state index in [1.807, 2.05) is 60.7 Å². The van der Waals surface area contributed by atoms with Crippen LogP contribution in [0.3, 0.4) is 0 Å². The molecule has 9 aromatic carbocycles. The largest absolute Gasteiger partial charge is 1.00 e. The number of carbonyl (C=O) groups is 18. The van der Waals surface area contributed by atoms with Crippen LogP contribution in [0.1, 0.15) is 186 Å². The molecule has 4 aliphatic rings. The molecule has 12 aromatic rings. The molecule has 0 atom stereocenters. The summed E-state index contributed by atoms with van der Waals surface area (Å²) in [6.07, 6.45) is 1.02. The number of nitrogens with one attached hydrogen (secondary N) is 2. The molecule has 43 heteroatoms. The topological polar surface area (TPSA) is 668 Å². The van der Waals surface area contributed by atoms with Crippen molar-refractivity contribution in [2.75, 3.05) is 63.5 Å². The number of para-hydroxylation sites is 5. The van der Waals surface area contributed by atoms with Crippen molar-refractivity contribution in [3.63, 3.8) is 0 Å². The van der Waals surface area contributed by atoms with Crippen molar-refractivity contribution in [3.05, 3.63) is 310 Å². The number of ether oxygens (including phenoxy) is 4. The second kappa shape index (κ2) is 58.6. The third-order valence-electron chi connectivity index (χ3n) is 18.6. The molecule has 8 amide bonds. The molecule has 141 heavy (non-hydrogen) atoms. The van der Waals surface area contributed by atoms with Crippen LogP contribution >= 0.6 is 0 Å². The summed E-state index contributed by atoms with van der Waals surface area (Å²) in [6, 6.07) is 67.4. The Morgan fingerprint density at radius 1 is 0.404 bits per heavy atom. The average molecular weight is 1950 g/mol. The van der Waals surface area contributed by atoms with Gasteiger partial charge >= 0.3 is 111 Å². The Labute approximate surface area is 846 Å².